The summed E-state index contributed by atoms with van der Waals surface area (Å²) in [4.78, 5) is 0. The summed E-state index contributed by atoms with van der Waals surface area (Å²) in [6, 6.07) is 0. The summed E-state index contributed by atoms with van der Waals surface area (Å²) in [6.07, 6.45) is 1.38. The van der Waals surface area contributed by atoms with Crippen molar-refractivity contribution in [1.82, 2.24) is 0 Å². The Labute approximate surface area is 80.0 Å². The number of rotatable bonds is 6. The van der Waals surface area contributed by atoms with Crippen molar-refractivity contribution in [3.63, 3.8) is 0 Å². The van der Waals surface area contributed by atoms with E-state index in [0.717, 1.165) is 0 Å². The highest BCUT2D eigenvalue weighted by Gasteiger charge is 2.26. The summed E-state index contributed by atoms with van der Waals surface area (Å²) < 4.78 is 22.1. The van der Waals surface area contributed by atoms with Crippen LogP contribution in [0.4, 0.5) is 0 Å². The third-order valence-electron chi connectivity index (χ3n) is 1.18. The average Bonchev–Trinajstić information content (AvgIpc) is 1.99. The Hall–Kier alpha value is -0.370. The third kappa shape index (κ3) is 4.41. The molecule has 0 fully saturated rings. The highest BCUT2D eigenvalue weighted by Crippen LogP contribution is 2.55. The molecule has 0 rings (SSSR count). The molecule has 76 valence electrons. The first kappa shape index (κ1) is 12.6. The second kappa shape index (κ2) is 5.38. The lowest BCUT2D eigenvalue weighted by molar-refractivity contribution is 0.183. The van der Waals surface area contributed by atoms with Crippen molar-refractivity contribution in [2.45, 2.75) is 26.9 Å². The second-order valence-electron chi connectivity index (χ2n) is 2.97. The van der Waals surface area contributed by atoms with E-state index >= 15 is 0 Å². The Morgan fingerprint density at radius 2 is 2.15 bits per heavy atom. The molecule has 0 aromatic rings. The molecular weight excluding hydrogens is 187 g/mol. The predicted molar refractivity (Wildman–Crippen MR) is 54.8 cm³/mol. The molecule has 0 saturated heterocycles. The van der Waals surface area contributed by atoms with E-state index in [0.29, 0.717) is 5.31 Å². The quantitative estimate of drug-likeness (QED) is 0.491. The van der Waals surface area contributed by atoms with E-state index in [1.807, 2.05) is 0 Å². The molecule has 0 aromatic heterocycles. The van der Waals surface area contributed by atoms with Crippen molar-refractivity contribution in [3.8, 4) is 0 Å². The van der Waals surface area contributed by atoms with Crippen LogP contribution < -0.4 is 0 Å². The van der Waals surface area contributed by atoms with Crippen LogP contribution in [0.5, 0.6) is 0 Å². The third-order valence-corrected chi connectivity index (χ3v) is 3.30. The fourth-order valence-corrected chi connectivity index (χ4v) is 1.98. The summed E-state index contributed by atoms with van der Waals surface area (Å²) in [5.41, 5.74) is 0. The van der Waals surface area contributed by atoms with Crippen molar-refractivity contribution in [1.29, 1.82) is 0 Å². The summed E-state index contributed by atoms with van der Waals surface area (Å²) in [6.45, 7) is 12.5. The molecule has 13 heavy (non-hydrogen) atoms. The van der Waals surface area contributed by atoms with Crippen molar-refractivity contribution in [3.05, 3.63) is 24.5 Å². The molecule has 3 nitrogen and oxygen atoms in total. The van der Waals surface area contributed by atoms with E-state index in [1.165, 1.54) is 6.08 Å². The molecular formula is C9H17O3P. The highest BCUT2D eigenvalue weighted by molar-refractivity contribution is 7.58. The Kier molecular flexibility index (Phi) is 5.23. The smallest absolute Gasteiger partial charge is 0.303 e. The van der Waals surface area contributed by atoms with Gasteiger partial charge < -0.3 is 9.05 Å². The first-order valence-electron chi connectivity index (χ1n) is 4.12. The predicted octanol–water partition coefficient (Wildman–Crippen LogP) is 3.34. The largest absolute Gasteiger partial charge is 0.357 e. The number of hydrogen-bond acceptors (Lipinski definition) is 3. The summed E-state index contributed by atoms with van der Waals surface area (Å²) in [7, 11) is -3.13. The van der Waals surface area contributed by atoms with Gasteiger partial charge in [-0.25, -0.2) is 0 Å². The fraction of sp³-hybridized carbons (Fsp3) is 0.556. The van der Waals surface area contributed by atoms with Crippen LogP contribution in [-0.4, -0.2) is 12.7 Å². The SMILES string of the molecule is C=CCOP(=O)(OC(C)C)C(=C)C. The van der Waals surface area contributed by atoms with Crippen LogP contribution in [0, 0.1) is 0 Å². The Bertz CT molecular complexity index is 233. The molecule has 4 heteroatoms. The lowest BCUT2D eigenvalue weighted by Crippen LogP contribution is -2.03. The minimum Gasteiger partial charge on any atom is -0.303 e. The molecule has 0 aliphatic carbocycles. The Morgan fingerprint density at radius 3 is 2.46 bits per heavy atom. The molecule has 0 spiro atoms. The van der Waals surface area contributed by atoms with E-state index in [9.17, 15) is 4.57 Å². The average molecular weight is 204 g/mol. The van der Waals surface area contributed by atoms with E-state index in [1.54, 1.807) is 20.8 Å². The molecule has 0 aliphatic heterocycles. The topological polar surface area (TPSA) is 35.5 Å². The van der Waals surface area contributed by atoms with E-state index in [2.05, 4.69) is 13.2 Å². The first-order valence-corrected chi connectivity index (χ1v) is 5.66. The van der Waals surface area contributed by atoms with Crippen LogP contribution in [0.1, 0.15) is 20.8 Å². The molecule has 0 aliphatic rings. The zero-order valence-electron chi connectivity index (χ0n) is 8.45. The summed E-state index contributed by atoms with van der Waals surface area (Å²) >= 11 is 0. The number of hydrogen-bond donors (Lipinski definition) is 0. The Morgan fingerprint density at radius 1 is 1.62 bits per heavy atom. The fourth-order valence-electron chi connectivity index (χ4n) is 0.659. The minimum atomic E-state index is -3.13. The van der Waals surface area contributed by atoms with Gasteiger partial charge in [0.25, 0.3) is 0 Å². The van der Waals surface area contributed by atoms with Gasteiger partial charge in [0, 0.05) is 5.31 Å². The lowest BCUT2D eigenvalue weighted by atomic mass is 10.5. The lowest BCUT2D eigenvalue weighted by Gasteiger charge is -2.19. The van der Waals surface area contributed by atoms with Gasteiger partial charge in [-0.1, -0.05) is 12.7 Å². The van der Waals surface area contributed by atoms with Crippen LogP contribution >= 0.6 is 7.60 Å². The maximum atomic E-state index is 11.9. The van der Waals surface area contributed by atoms with Crippen LogP contribution in [0.2, 0.25) is 0 Å². The van der Waals surface area contributed by atoms with Crippen LogP contribution in [0.15, 0.2) is 24.5 Å². The summed E-state index contributed by atoms with van der Waals surface area (Å²) in [5, 5.41) is 0.419. The van der Waals surface area contributed by atoms with Gasteiger partial charge in [-0.05, 0) is 20.8 Å². The zero-order chi connectivity index (χ0) is 10.5. The van der Waals surface area contributed by atoms with Gasteiger partial charge in [0.15, 0.2) is 0 Å². The van der Waals surface area contributed by atoms with E-state index < -0.39 is 7.60 Å². The molecule has 0 N–H and O–H groups in total. The van der Waals surface area contributed by atoms with Gasteiger partial charge in [-0.15, -0.1) is 6.58 Å². The zero-order valence-corrected chi connectivity index (χ0v) is 9.34. The second-order valence-corrected chi connectivity index (χ2v) is 5.20. The van der Waals surface area contributed by atoms with Crippen LogP contribution in [-0.2, 0) is 13.6 Å². The molecule has 0 amide bonds. The molecule has 0 bridgehead atoms. The van der Waals surface area contributed by atoms with Gasteiger partial charge in [-0.3, -0.25) is 4.57 Å². The molecule has 0 saturated carbocycles. The standard InChI is InChI=1S/C9H17O3P/c1-6-7-11-13(10,9(4)5)12-8(2)3/h6,8H,1,4,7H2,2-3,5H3. The van der Waals surface area contributed by atoms with Gasteiger partial charge in [-0.2, -0.15) is 0 Å². The van der Waals surface area contributed by atoms with Gasteiger partial charge >= 0.3 is 7.60 Å². The van der Waals surface area contributed by atoms with Crippen LogP contribution in [0.3, 0.4) is 0 Å². The summed E-state index contributed by atoms with van der Waals surface area (Å²) in [5.74, 6) is 0. The monoisotopic (exact) mass is 204 g/mol. The molecule has 1 unspecified atom stereocenters. The van der Waals surface area contributed by atoms with Gasteiger partial charge in [0.1, 0.15) is 0 Å². The molecule has 0 radical (unpaired) electrons. The minimum absolute atomic E-state index is 0.146. The van der Waals surface area contributed by atoms with Crippen molar-refractivity contribution in [2.24, 2.45) is 0 Å². The Balaban J connectivity index is 4.44. The van der Waals surface area contributed by atoms with E-state index in [4.69, 9.17) is 9.05 Å². The van der Waals surface area contributed by atoms with E-state index in [-0.39, 0.29) is 12.7 Å². The van der Waals surface area contributed by atoms with Crippen molar-refractivity contribution >= 4 is 7.60 Å². The normalized spacial score (nSPS) is 15.4. The van der Waals surface area contributed by atoms with Gasteiger partial charge in [0.2, 0.25) is 0 Å². The van der Waals surface area contributed by atoms with Crippen molar-refractivity contribution < 1.29 is 13.6 Å². The maximum Gasteiger partial charge on any atom is 0.357 e. The van der Waals surface area contributed by atoms with Crippen LogP contribution in [0.25, 0.3) is 0 Å². The molecule has 0 heterocycles. The van der Waals surface area contributed by atoms with Gasteiger partial charge in [0.05, 0.1) is 12.7 Å². The first-order chi connectivity index (χ1) is 5.92. The van der Waals surface area contributed by atoms with Crippen molar-refractivity contribution in [2.75, 3.05) is 6.61 Å². The highest BCUT2D eigenvalue weighted by atomic mass is 31.2. The maximum absolute atomic E-state index is 11.9. The molecule has 0 aromatic carbocycles. The molecule has 1 atom stereocenters. The number of allylic oxidation sites excluding steroid dienone is 1.